The van der Waals surface area contributed by atoms with Crippen LogP contribution in [0.25, 0.3) is 0 Å². The second kappa shape index (κ2) is 6.14. The van der Waals surface area contributed by atoms with Crippen molar-refractivity contribution >= 4 is 5.91 Å². The van der Waals surface area contributed by atoms with E-state index in [0.29, 0.717) is 30.5 Å². The average Bonchev–Trinajstić information content (AvgIpc) is 3.07. The van der Waals surface area contributed by atoms with E-state index in [0.717, 1.165) is 18.7 Å². The van der Waals surface area contributed by atoms with Crippen molar-refractivity contribution in [3.8, 4) is 11.5 Å². The van der Waals surface area contributed by atoms with Gasteiger partial charge in [0.2, 0.25) is 6.10 Å². The number of aryl methyl sites for hydroxylation is 1. The minimum absolute atomic E-state index is 0.000850. The Kier molecular flexibility index (Phi) is 3.84. The molecule has 1 aromatic carbocycles. The highest BCUT2D eigenvalue weighted by molar-refractivity contribution is 5.82. The summed E-state index contributed by atoms with van der Waals surface area (Å²) < 4.78 is 13.4. The maximum Gasteiger partial charge on any atom is 0.267 e. The monoisotopic (exact) mass is 328 g/mol. The first-order valence-electron chi connectivity index (χ1n) is 8.23. The minimum atomic E-state index is -0.564. The van der Waals surface area contributed by atoms with E-state index in [2.05, 4.69) is 10.2 Å². The standard InChI is InChI=1S/C17H20N4O3/c1-20-11-18-19-16(20)12-6-8-21(9-7-12)17(22)15-10-23-13-4-2-3-5-14(13)24-15/h2-5,11-12,15H,6-10H2,1H3/t15-/m0/s1. The number of likely N-dealkylation sites (tertiary alicyclic amines) is 1. The quantitative estimate of drug-likeness (QED) is 0.832. The molecule has 1 atom stereocenters. The Morgan fingerprint density at radius 1 is 1.21 bits per heavy atom. The van der Waals surface area contributed by atoms with Crippen molar-refractivity contribution in [1.29, 1.82) is 0 Å². The molecular formula is C17H20N4O3. The zero-order valence-corrected chi connectivity index (χ0v) is 13.6. The molecular weight excluding hydrogens is 308 g/mol. The summed E-state index contributed by atoms with van der Waals surface area (Å²) in [6, 6.07) is 7.44. The molecule has 0 bridgehead atoms. The molecule has 1 fully saturated rings. The third-order valence-corrected chi connectivity index (χ3v) is 4.70. The predicted molar refractivity (Wildman–Crippen MR) is 85.9 cm³/mol. The topological polar surface area (TPSA) is 69.5 Å². The number of rotatable bonds is 2. The number of piperidine rings is 1. The summed E-state index contributed by atoms with van der Waals surface area (Å²) in [5.74, 6) is 2.68. The van der Waals surface area contributed by atoms with Crippen molar-refractivity contribution in [2.45, 2.75) is 24.9 Å². The van der Waals surface area contributed by atoms with Crippen LogP contribution in [0, 0.1) is 0 Å². The van der Waals surface area contributed by atoms with Gasteiger partial charge in [0.1, 0.15) is 18.8 Å². The third-order valence-electron chi connectivity index (χ3n) is 4.70. The number of benzene rings is 1. The summed E-state index contributed by atoms with van der Waals surface area (Å²) in [6.07, 6.45) is 2.94. The Morgan fingerprint density at radius 3 is 2.67 bits per heavy atom. The van der Waals surface area contributed by atoms with E-state index in [1.54, 1.807) is 6.33 Å². The van der Waals surface area contributed by atoms with Gasteiger partial charge in [-0.15, -0.1) is 10.2 Å². The second-order valence-electron chi connectivity index (χ2n) is 6.26. The van der Waals surface area contributed by atoms with Gasteiger partial charge < -0.3 is 18.9 Å². The molecule has 4 rings (SSSR count). The lowest BCUT2D eigenvalue weighted by molar-refractivity contribution is -0.142. The average molecular weight is 328 g/mol. The van der Waals surface area contributed by atoms with E-state index in [-0.39, 0.29) is 12.5 Å². The highest BCUT2D eigenvalue weighted by Gasteiger charge is 2.34. The molecule has 0 radical (unpaired) electrons. The zero-order chi connectivity index (χ0) is 16.5. The van der Waals surface area contributed by atoms with Crippen LogP contribution in [-0.2, 0) is 11.8 Å². The van der Waals surface area contributed by atoms with Gasteiger partial charge in [0, 0.05) is 26.1 Å². The molecule has 0 spiro atoms. The van der Waals surface area contributed by atoms with Gasteiger partial charge in [-0.05, 0) is 25.0 Å². The lowest BCUT2D eigenvalue weighted by Crippen LogP contribution is -2.49. The summed E-state index contributed by atoms with van der Waals surface area (Å²) in [7, 11) is 1.96. The Morgan fingerprint density at radius 2 is 1.96 bits per heavy atom. The first-order chi connectivity index (χ1) is 11.7. The van der Waals surface area contributed by atoms with Crippen LogP contribution >= 0.6 is 0 Å². The molecule has 7 heteroatoms. The number of aromatic nitrogens is 3. The van der Waals surface area contributed by atoms with Gasteiger partial charge in [0.15, 0.2) is 11.5 Å². The highest BCUT2D eigenvalue weighted by Crippen LogP contribution is 2.32. The summed E-state index contributed by atoms with van der Waals surface area (Å²) in [5, 5.41) is 8.13. The maximum absolute atomic E-state index is 12.7. The van der Waals surface area contributed by atoms with Crippen LogP contribution in [0.3, 0.4) is 0 Å². The largest absolute Gasteiger partial charge is 0.485 e. The van der Waals surface area contributed by atoms with Crippen molar-refractivity contribution < 1.29 is 14.3 Å². The molecule has 7 nitrogen and oxygen atoms in total. The number of hydrogen-bond donors (Lipinski definition) is 0. The van der Waals surface area contributed by atoms with Crippen LogP contribution in [0.5, 0.6) is 11.5 Å². The zero-order valence-electron chi connectivity index (χ0n) is 13.6. The SMILES string of the molecule is Cn1cnnc1C1CCN(C(=O)[C@@H]2COc3ccccc3O2)CC1. The number of ether oxygens (including phenoxy) is 2. The fourth-order valence-electron chi connectivity index (χ4n) is 3.36. The first-order valence-corrected chi connectivity index (χ1v) is 8.23. The molecule has 1 amide bonds. The van der Waals surface area contributed by atoms with Gasteiger partial charge in [-0.3, -0.25) is 4.79 Å². The van der Waals surface area contributed by atoms with Crippen LogP contribution in [0.15, 0.2) is 30.6 Å². The number of para-hydroxylation sites is 2. The molecule has 0 aliphatic carbocycles. The number of carbonyl (C=O) groups excluding carboxylic acids is 1. The molecule has 2 aliphatic rings. The van der Waals surface area contributed by atoms with E-state index < -0.39 is 6.10 Å². The Balaban J connectivity index is 1.38. The van der Waals surface area contributed by atoms with Gasteiger partial charge in [0.05, 0.1) is 0 Å². The first kappa shape index (κ1) is 15.0. The van der Waals surface area contributed by atoms with Gasteiger partial charge in [0.25, 0.3) is 5.91 Å². The smallest absolute Gasteiger partial charge is 0.267 e. The fraction of sp³-hybridized carbons (Fsp3) is 0.471. The molecule has 1 saturated heterocycles. The highest BCUT2D eigenvalue weighted by atomic mass is 16.6. The number of fused-ring (bicyclic) bond motifs is 1. The predicted octanol–water partition coefficient (Wildman–Crippen LogP) is 1.36. The van der Waals surface area contributed by atoms with Crippen LogP contribution in [0.2, 0.25) is 0 Å². The van der Waals surface area contributed by atoms with Gasteiger partial charge in [-0.2, -0.15) is 0 Å². The fourth-order valence-corrected chi connectivity index (χ4v) is 3.36. The molecule has 2 aliphatic heterocycles. The minimum Gasteiger partial charge on any atom is -0.485 e. The van der Waals surface area contributed by atoms with Crippen LogP contribution < -0.4 is 9.47 Å². The molecule has 126 valence electrons. The number of carbonyl (C=O) groups is 1. The summed E-state index contributed by atoms with van der Waals surface area (Å²) in [4.78, 5) is 14.6. The van der Waals surface area contributed by atoms with Crippen LogP contribution in [-0.4, -0.2) is 51.4 Å². The van der Waals surface area contributed by atoms with Gasteiger partial charge in [-0.25, -0.2) is 0 Å². The van der Waals surface area contributed by atoms with Crippen molar-refractivity contribution in [3.05, 3.63) is 36.4 Å². The second-order valence-corrected chi connectivity index (χ2v) is 6.26. The number of nitrogens with zero attached hydrogens (tertiary/aromatic N) is 4. The van der Waals surface area contributed by atoms with Crippen LogP contribution in [0.4, 0.5) is 0 Å². The molecule has 1 aromatic heterocycles. The van der Waals surface area contributed by atoms with Crippen molar-refractivity contribution in [3.63, 3.8) is 0 Å². The Bertz CT molecular complexity index is 737. The van der Waals surface area contributed by atoms with Gasteiger partial charge >= 0.3 is 0 Å². The van der Waals surface area contributed by atoms with E-state index in [1.807, 2.05) is 40.8 Å². The number of hydrogen-bond acceptors (Lipinski definition) is 5. The van der Waals surface area contributed by atoms with Crippen molar-refractivity contribution in [1.82, 2.24) is 19.7 Å². The Hall–Kier alpha value is -2.57. The van der Waals surface area contributed by atoms with Gasteiger partial charge in [-0.1, -0.05) is 12.1 Å². The lowest BCUT2D eigenvalue weighted by Gasteiger charge is -2.35. The molecule has 3 heterocycles. The van der Waals surface area contributed by atoms with E-state index >= 15 is 0 Å². The molecule has 0 N–H and O–H groups in total. The number of amides is 1. The van der Waals surface area contributed by atoms with Crippen molar-refractivity contribution in [2.75, 3.05) is 19.7 Å². The molecule has 24 heavy (non-hydrogen) atoms. The molecule has 0 unspecified atom stereocenters. The lowest BCUT2D eigenvalue weighted by atomic mass is 9.95. The normalized spacial score (nSPS) is 20.9. The molecule has 0 saturated carbocycles. The summed E-state index contributed by atoms with van der Waals surface area (Å²) in [5.41, 5.74) is 0. The van der Waals surface area contributed by atoms with Crippen molar-refractivity contribution in [2.24, 2.45) is 7.05 Å². The maximum atomic E-state index is 12.7. The summed E-state index contributed by atoms with van der Waals surface area (Å²) >= 11 is 0. The van der Waals surface area contributed by atoms with Crippen LogP contribution in [0.1, 0.15) is 24.6 Å². The third kappa shape index (κ3) is 2.70. The summed E-state index contributed by atoms with van der Waals surface area (Å²) in [6.45, 7) is 1.68. The molecule has 2 aromatic rings. The van der Waals surface area contributed by atoms with E-state index in [9.17, 15) is 4.79 Å². The Labute approximate surface area is 140 Å². The van der Waals surface area contributed by atoms with E-state index in [4.69, 9.17) is 9.47 Å². The van der Waals surface area contributed by atoms with E-state index in [1.165, 1.54) is 0 Å².